The maximum Gasteiger partial charge on any atom is 0.271 e. The van der Waals surface area contributed by atoms with Crippen molar-refractivity contribution in [3.63, 3.8) is 0 Å². The van der Waals surface area contributed by atoms with Gasteiger partial charge in [0.1, 0.15) is 0 Å². The molecule has 0 bridgehead atoms. The van der Waals surface area contributed by atoms with Crippen LogP contribution < -0.4 is 4.80 Å². The highest BCUT2D eigenvalue weighted by Crippen LogP contribution is 2.22. The number of nitro benzene ring substituents is 1. The lowest BCUT2D eigenvalue weighted by Crippen LogP contribution is -2.14. The zero-order valence-corrected chi connectivity index (χ0v) is 14.4. The lowest BCUT2D eigenvalue weighted by Gasteiger charge is -2.01. The van der Waals surface area contributed by atoms with E-state index in [2.05, 4.69) is 15.5 Å². The molecular formula is C14H9N5O5S2. The van der Waals surface area contributed by atoms with Crippen LogP contribution in [0, 0.1) is 15.0 Å². The van der Waals surface area contributed by atoms with E-state index >= 15 is 0 Å². The Kier molecular flexibility index (Phi) is 4.69. The van der Waals surface area contributed by atoms with Gasteiger partial charge in [0.15, 0.2) is 0 Å². The monoisotopic (exact) mass is 391 g/mol. The lowest BCUT2D eigenvalue weighted by molar-refractivity contribution is -0.384. The van der Waals surface area contributed by atoms with Crippen LogP contribution in [0.25, 0.3) is 5.69 Å². The summed E-state index contributed by atoms with van der Waals surface area (Å²) in [6, 6.07) is 12.9. The number of nitroso groups, excluding NO2 is 1. The molecule has 1 aromatic heterocycles. The van der Waals surface area contributed by atoms with Gasteiger partial charge in [0.2, 0.25) is 19.0 Å². The van der Waals surface area contributed by atoms with E-state index in [9.17, 15) is 23.4 Å². The van der Waals surface area contributed by atoms with E-state index in [1.165, 1.54) is 36.4 Å². The van der Waals surface area contributed by atoms with Gasteiger partial charge in [-0.3, -0.25) is 10.1 Å². The highest BCUT2D eigenvalue weighted by Gasteiger charge is 2.24. The van der Waals surface area contributed by atoms with Gasteiger partial charge in [0.25, 0.3) is 5.69 Å². The predicted molar refractivity (Wildman–Crippen MR) is 91.3 cm³/mol. The number of hydrogen-bond donors (Lipinski definition) is 0. The molecule has 132 valence electrons. The Bertz CT molecular complexity index is 1150. The van der Waals surface area contributed by atoms with Gasteiger partial charge in [-0.25, -0.2) is 13.1 Å². The van der Waals surface area contributed by atoms with Crippen molar-refractivity contribution in [3.05, 3.63) is 74.4 Å². The average molecular weight is 391 g/mol. The van der Waals surface area contributed by atoms with E-state index < -0.39 is 14.8 Å². The fourth-order valence-electron chi connectivity index (χ4n) is 2.08. The second kappa shape index (κ2) is 6.93. The predicted octanol–water partition coefficient (Wildman–Crippen LogP) is 2.26. The number of aromatic nitrogens is 2. The number of benzene rings is 2. The molecule has 2 aromatic carbocycles. The molecule has 3 rings (SSSR count). The second-order valence-corrected chi connectivity index (χ2v) is 7.92. The molecule has 12 heteroatoms. The SMILES string of the molecule is O=N/N=c1\sc(S(=O)(=O)c2ccccc2)nn1-c1cccc([N+](=O)[O-])c1. The largest absolute Gasteiger partial charge is 0.271 e. The van der Waals surface area contributed by atoms with E-state index in [1.807, 2.05) is 0 Å². The molecule has 0 aliphatic heterocycles. The van der Waals surface area contributed by atoms with Crippen LogP contribution in [0.15, 0.2) is 74.2 Å². The standard InChI is InChI=1S/C14H9N5O5S2/c20-17-15-13-18(10-5-4-6-11(9-10)19(21)22)16-14(25-13)26(23,24)12-7-2-1-3-8-12/h1-9H/b15-13-. The summed E-state index contributed by atoms with van der Waals surface area (Å²) in [7, 11) is -3.94. The quantitative estimate of drug-likeness (QED) is 0.371. The fourth-order valence-corrected chi connectivity index (χ4v) is 4.52. The van der Waals surface area contributed by atoms with Crippen LogP contribution in [0.5, 0.6) is 0 Å². The number of rotatable bonds is 5. The summed E-state index contributed by atoms with van der Waals surface area (Å²) in [5.74, 6) is 0. The van der Waals surface area contributed by atoms with Gasteiger partial charge in [-0.15, -0.1) is 10.0 Å². The van der Waals surface area contributed by atoms with Crippen LogP contribution in [0.1, 0.15) is 0 Å². The minimum absolute atomic E-state index is 0.0190. The normalized spacial score (nSPS) is 12.1. The number of nitro groups is 1. The molecule has 0 amide bonds. The van der Waals surface area contributed by atoms with Crippen LogP contribution in [0.2, 0.25) is 0 Å². The van der Waals surface area contributed by atoms with Crippen LogP contribution in [-0.4, -0.2) is 23.1 Å². The molecular weight excluding hydrogens is 382 g/mol. The van der Waals surface area contributed by atoms with Gasteiger partial charge in [0, 0.05) is 12.1 Å². The van der Waals surface area contributed by atoms with Gasteiger partial charge in [-0.2, -0.15) is 0 Å². The zero-order valence-electron chi connectivity index (χ0n) is 12.8. The van der Waals surface area contributed by atoms with Crippen molar-refractivity contribution in [2.24, 2.45) is 10.4 Å². The van der Waals surface area contributed by atoms with Crippen LogP contribution in [0.3, 0.4) is 0 Å². The summed E-state index contributed by atoms with van der Waals surface area (Å²) < 4.78 is 26.1. The van der Waals surface area contributed by atoms with Gasteiger partial charge in [0.05, 0.1) is 20.8 Å². The van der Waals surface area contributed by atoms with Gasteiger partial charge >= 0.3 is 0 Å². The molecule has 0 N–H and O–H groups in total. The van der Waals surface area contributed by atoms with Gasteiger partial charge in [-0.1, -0.05) is 40.7 Å². The van der Waals surface area contributed by atoms with E-state index in [-0.39, 0.29) is 25.4 Å². The molecule has 26 heavy (non-hydrogen) atoms. The summed E-state index contributed by atoms with van der Waals surface area (Å²) in [6.45, 7) is 0. The first-order valence-corrected chi connectivity index (χ1v) is 9.25. The summed E-state index contributed by atoms with van der Waals surface area (Å²) in [5.41, 5.74) is -0.0483. The van der Waals surface area contributed by atoms with Crippen LogP contribution >= 0.6 is 11.3 Å². The molecule has 0 atom stereocenters. The van der Waals surface area contributed by atoms with Crippen molar-refractivity contribution in [1.82, 2.24) is 9.78 Å². The van der Waals surface area contributed by atoms with Gasteiger partial charge < -0.3 is 0 Å². The molecule has 0 aliphatic rings. The molecule has 0 saturated carbocycles. The molecule has 3 aromatic rings. The van der Waals surface area contributed by atoms with Crippen molar-refractivity contribution >= 4 is 26.9 Å². The molecule has 10 nitrogen and oxygen atoms in total. The Labute approximate surface area is 150 Å². The third kappa shape index (κ3) is 3.27. The minimum Gasteiger partial charge on any atom is -0.258 e. The first-order chi connectivity index (χ1) is 12.4. The third-order valence-electron chi connectivity index (χ3n) is 3.24. The highest BCUT2D eigenvalue weighted by atomic mass is 32.2. The van der Waals surface area contributed by atoms with Crippen molar-refractivity contribution in [2.45, 2.75) is 9.24 Å². The molecule has 0 aliphatic carbocycles. The van der Waals surface area contributed by atoms with E-state index in [1.54, 1.807) is 18.2 Å². The maximum absolute atomic E-state index is 12.7. The maximum atomic E-state index is 12.7. The molecule has 0 unspecified atom stereocenters. The number of non-ortho nitro benzene ring substituents is 1. The van der Waals surface area contributed by atoms with Crippen molar-refractivity contribution in [1.29, 1.82) is 0 Å². The van der Waals surface area contributed by atoms with E-state index in [0.717, 1.165) is 4.68 Å². The summed E-state index contributed by atoms with van der Waals surface area (Å²) in [6.07, 6.45) is 0. The Morgan fingerprint density at radius 1 is 1.12 bits per heavy atom. The number of nitrogens with zero attached hydrogens (tertiary/aromatic N) is 5. The summed E-state index contributed by atoms with van der Waals surface area (Å²) >= 11 is 0.629. The van der Waals surface area contributed by atoms with Crippen molar-refractivity contribution in [3.8, 4) is 5.69 Å². The Morgan fingerprint density at radius 2 is 1.85 bits per heavy atom. The fraction of sp³-hybridized carbons (Fsp3) is 0. The third-order valence-corrected chi connectivity index (χ3v) is 6.27. The Morgan fingerprint density at radius 3 is 2.50 bits per heavy atom. The molecule has 0 spiro atoms. The number of sulfone groups is 1. The summed E-state index contributed by atoms with van der Waals surface area (Å²) in [5, 5.41) is 20.7. The Hall–Kier alpha value is -3.25. The molecule has 0 saturated heterocycles. The highest BCUT2D eigenvalue weighted by molar-refractivity contribution is 7.93. The van der Waals surface area contributed by atoms with Crippen molar-refractivity contribution < 1.29 is 13.3 Å². The van der Waals surface area contributed by atoms with Crippen LogP contribution in [-0.2, 0) is 9.84 Å². The number of hydrogen-bond acceptors (Lipinski definition) is 8. The molecule has 0 radical (unpaired) electrons. The van der Waals surface area contributed by atoms with E-state index in [0.29, 0.717) is 11.3 Å². The molecule has 0 fully saturated rings. The minimum atomic E-state index is -3.94. The summed E-state index contributed by atoms with van der Waals surface area (Å²) in [4.78, 5) is 20.8. The molecule has 1 heterocycles. The second-order valence-electron chi connectivity index (χ2n) is 4.84. The zero-order chi connectivity index (χ0) is 18.7. The van der Waals surface area contributed by atoms with Crippen LogP contribution in [0.4, 0.5) is 5.69 Å². The lowest BCUT2D eigenvalue weighted by atomic mass is 10.3. The average Bonchev–Trinajstić information content (AvgIpc) is 3.08. The van der Waals surface area contributed by atoms with Crippen molar-refractivity contribution in [2.75, 3.05) is 0 Å². The first-order valence-electron chi connectivity index (χ1n) is 6.95. The smallest absolute Gasteiger partial charge is 0.258 e. The topological polar surface area (TPSA) is 137 Å². The van der Waals surface area contributed by atoms with E-state index in [4.69, 9.17) is 0 Å². The first kappa shape index (κ1) is 17.6. The Balaban J connectivity index is 2.20. The van der Waals surface area contributed by atoms with Gasteiger partial charge in [-0.05, 0) is 18.2 Å².